The molecule has 0 spiro atoms. The van der Waals surface area contributed by atoms with Crippen LogP contribution in [0.5, 0.6) is 5.75 Å². The number of carbonyl (C=O) groups excluding carboxylic acids is 2. The molecule has 1 aliphatic rings. The van der Waals surface area contributed by atoms with Gasteiger partial charge in [-0.15, -0.1) is 0 Å². The van der Waals surface area contributed by atoms with Gasteiger partial charge in [-0.05, 0) is 18.2 Å². The third-order valence-electron chi connectivity index (χ3n) is 2.89. The maximum Gasteiger partial charge on any atom is 0.299 e. The van der Waals surface area contributed by atoms with Crippen molar-refractivity contribution in [3.05, 3.63) is 29.3 Å². The first-order chi connectivity index (χ1) is 8.10. The first kappa shape index (κ1) is 11.8. The number of rotatable bonds is 3. The summed E-state index contributed by atoms with van der Waals surface area (Å²) < 4.78 is 14.9. The lowest BCUT2D eigenvalue weighted by Crippen LogP contribution is -2.45. The molecule has 0 fully saturated rings. The van der Waals surface area contributed by atoms with E-state index in [9.17, 15) is 9.59 Å². The summed E-state index contributed by atoms with van der Waals surface area (Å²) in [5.74, 6) is -2.31. The van der Waals surface area contributed by atoms with E-state index in [1.165, 1.54) is 33.5 Å². The fourth-order valence-electron chi connectivity index (χ4n) is 1.95. The third-order valence-corrected chi connectivity index (χ3v) is 2.89. The molecule has 0 amide bonds. The van der Waals surface area contributed by atoms with E-state index in [-0.39, 0.29) is 5.56 Å². The van der Waals surface area contributed by atoms with Crippen molar-refractivity contribution in [2.75, 3.05) is 21.3 Å². The molecule has 90 valence electrons. The summed E-state index contributed by atoms with van der Waals surface area (Å²) in [6.07, 6.45) is 0. The Morgan fingerprint density at radius 1 is 0.941 bits per heavy atom. The zero-order chi connectivity index (χ0) is 12.6. The van der Waals surface area contributed by atoms with E-state index in [4.69, 9.17) is 14.2 Å². The zero-order valence-corrected chi connectivity index (χ0v) is 9.77. The van der Waals surface area contributed by atoms with E-state index < -0.39 is 17.4 Å². The van der Waals surface area contributed by atoms with Crippen LogP contribution in [-0.4, -0.2) is 38.7 Å². The maximum atomic E-state index is 12.1. The Morgan fingerprint density at radius 3 is 2.06 bits per heavy atom. The highest BCUT2D eigenvalue weighted by Crippen LogP contribution is 2.34. The molecular weight excluding hydrogens is 224 g/mol. The predicted octanol–water partition coefficient (Wildman–Crippen LogP) is 1.06. The van der Waals surface area contributed by atoms with Gasteiger partial charge < -0.3 is 14.2 Å². The SMILES string of the molecule is COc1ccc2c(c1)C(=O)C(OC)(OC)C2=O. The molecule has 1 aromatic carbocycles. The Labute approximate surface area is 98.3 Å². The van der Waals surface area contributed by atoms with Gasteiger partial charge in [0.25, 0.3) is 5.79 Å². The highest BCUT2D eigenvalue weighted by atomic mass is 16.7. The normalized spacial score (nSPS) is 17.1. The van der Waals surface area contributed by atoms with E-state index in [0.717, 1.165) is 0 Å². The molecule has 0 aromatic heterocycles. The molecule has 0 radical (unpaired) electrons. The Hall–Kier alpha value is -1.72. The van der Waals surface area contributed by atoms with Crippen molar-refractivity contribution in [1.29, 1.82) is 0 Å². The molecule has 0 heterocycles. The molecule has 0 N–H and O–H groups in total. The minimum Gasteiger partial charge on any atom is -0.497 e. The molecule has 1 aliphatic carbocycles. The Bertz CT molecular complexity index is 488. The van der Waals surface area contributed by atoms with Crippen molar-refractivity contribution >= 4 is 11.6 Å². The fourth-order valence-corrected chi connectivity index (χ4v) is 1.95. The second kappa shape index (κ2) is 3.94. The standard InChI is InChI=1S/C12H12O5/c1-15-7-4-5-8-9(6-7)11(14)12(16-2,17-3)10(8)13/h4-6H,1-3H3. The average molecular weight is 236 g/mol. The van der Waals surface area contributed by atoms with Crippen molar-refractivity contribution in [3.63, 3.8) is 0 Å². The summed E-state index contributed by atoms with van der Waals surface area (Å²) >= 11 is 0. The summed E-state index contributed by atoms with van der Waals surface area (Å²) in [6.45, 7) is 0. The van der Waals surface area contributed by atoms with Gasteiger partial charge in [-0.2, -0.15) is 0 Å². The number of benzene rings is 1. The summed E-state index contributed by atoms with van der Waals surface area (Å²) in [4.78, 5) is 24.2. The number of methoxy groups -OCH3 is 3. The molecule has 0 unspecified atom stereocenters. The molecule has 5 nitrogen and oxygen atoms in total. The van der Waals surface area contributed by atoms with Gasteiger partial charge in [-0.1, -0.05) is 0 Å². The molecule has 0 bridgehead atoms. The van der Waals surface area contributed by atoms with E-state index in [1.807, 2.05) is 0 Å². The van der Waals surface area contributed by atoms with Gasteiger partial charge in [0.2, 0.25) is 11.6 Å². The molecule has 17 heavy (non-hydrogen) atoms. The van der Waals surface area contributed by atoms with Crippen LogP contribution in [0.3, 0.4) is 0 Å². The molecule has 0 saturated heterocycles. The summed E-state index contributed by atoms with van der Waals surface area (Å²) in [7, 11) is 4.02. The van der Waals surface area contributed by atoms with Crippen molar-refractivity contribution in [2.24, 2.45) is 0 Å². The van der Waals surface area contributed by atoms with Crippen LogP contribution in [0.1, 0.15) is 20.7 Å². The third kappa shape index (κ3) is 1.40. The number of Topliss-reactive ketones (excluding diaryl/α,β-unsaturated/α-hetero) is 2. The molecule has 1 aromatic rings. The average Bonchev–Trinajstić information content (AvgIpc) is 2.59. The van der Waals surface area contributed by atoms with Crippen LogP contribution < -0.4 is 4.74 Å². The second-order valence-corrected chi connectivity index (χ2v) is 3.59. The minimum absolute atomic E-state index is 0.262. The highest BCUT2D eigenvalue weighted by Gasteiger charge is 2.54. The Kier molecular flexibility index (Phi) is 2.73. The van der Waals surface area contributed by atoms with Crippen molar-refractivity contribution in [1.82, 2.24) is 0 Å². The minimum atomic E-state index is -1.84. The molecule has 2 rings (SSSR count). The fraction of sp³-hybridized carbons (Fsp3) is 0.333. The van der Waals surface area contributed by atoms with Gasteiger partial charge in [0, 0.05) is 25.3 Å². The van der Waals surface area contributed by atoms with Gasteiger partial charge in [0.15, 0.2) is 0 Å². The van der Waals surface area contributed by atoms with Crippen LogP contribution in [0.2, 0.25) is 0 Å². The lowest BCUT2D eigenvalue weighted by molar-refractivity contribution is -0.133. The smallest absolute Gasteiger partial charge is 0.299 e. The van der Waals surface area contributed by atoms with Crippen LogP contribution in [0.4, 0.5) is 0 Å². The Morgan fingerprint density at radius 2 is 1.53 bits per heavy atom. The molecule has 5 heteroatoms. The van der Waals surface area contributed by atoms with Crippen molar-refractivity contribution in [3.8, 4) is 5.75 Å². The van der Waals surface area contributed by atoms with E-state index in [1.54, 1.807) is 6.07 Å². The van der Waals surface area contributed by atoms with Crippen molar-refractivity contribution in [2.45, 2.75) is 5.79 Å². The summed E-state index contributed by atoms with van der Waals surface area (Å²) in [5.41, 5.74) is 0.553. The van der Waals surface area contributed by atoms with E-state index in [2.05, 4.69) is 0 Å². The second-order valence-electron chi connectivity index (χ2n) is 3.59. The van der Waals surface area contributed by atoms with Gasteiger partial charge in [0.05, 0.1) is 7.11 Å². The van der Waals surface area contributed by atoms with Crippen molar-refractivity contribution < 1.29 is 23.8 Å². The number of hydrogen-bond acceptors (Lipinski definition) is 5. The monoisotopic (exact) mass is 236 g/mol. The van der Waals surface area contributed by atoms with Gasteiger partial charge in [0.1, 0.15) is 5.75 Å². The number of carbonyl (C=O) groups is 2. The quantitative estimate of drug-likeness (QED) is 0.580. The van der Waals surface area contributed by atoms with Crippen LogP contribution in [0.25, 0.3) is 0 Å². The van der Waals surface area contributed by atoms with Gasteiger partial charge in [-0.3, -0.25) is 9.59 Å². The zero-order valence-electron chi connectivity index (χ0n) is 9.77. The number of hydrogen-bond donors (Lipinski definition) is 0. The lowest BCUT2D eigenvalue weighted by Gasteiger charge is -2.21. The Balaban J connectivity index is 2.60. The van der Waals surface area contributed by atoms with Gasteiger partial charge in [-0.25, -0.2) is 0 Å². The number of ether oxygens (including phenoxy) is 3. The number of ketones is 2. The summed E-state index contributed by atoms with van der Waals surface area (Å²) in [5, 5.41) is 0. The largest absolute Gasteiger partial charge is 0.497 e. The highest BCUT2D eigenvalue weighted by molar-refractivity contribution is 6.31. The van der Waals surface area contributed by atoms with Gasteiger partial charge >= 0.3 is 0 Å². The number of fused-ring (bicyclic) bond motifs is 1. The van der Waals surface area contributed by atoms with E-state index in [0.29, 0.717) is 11.3 Å². The van der Waals surface area contributed by atoms with Crippen LogP contribution in [-0.2, 0) is 9.47 Å². The molecular formula is C12H12O5. The topological polar surface area (TPSA) is 61.8 Å². The first-order valence-corrected chi connectivity index (χ1v) is 4.98. The molecule has 0 atom stereocenters. The predicted molar refractivity (Wildman–Crippen MR) is 58.4 cm³/mol. The van der Waals surface area contributed by atoms with Crippen LogP contribution >= 0.6 is 0 Å². The first-order valence-electron chi connectivity index (χ1n) is 4.98. The van der Waals surface area contributed by atoms with Crippen LogP contribution in [0, 0.1) is 0 Å². The summed E-state index contributed by atoms with van der Waals surface area (Å²) in [6, 6.07) is 4.66. The lowest BCUT2D eigenvalue weighted by atomic mass is 10.1. The van der Waals surface area contributed by atoms with E-state index >= 15 is 0 Å². The van der Waals surface area contributed by atoms with Crippen LogP contribution in [0.15, 0.2) is 18.2 Å². The maximum absolute atomic E-state index is 12.1. The molecule has 0 aliphatic heterocycles. The molecule has 0 saturated carbocycles.